The van der Waals surface area contributed by atoms with E-state index in [4.69, 9.17) is 0 Å². The van der Waals surface area contributed by atoms with Crippen LogP contribution in [0.1, 0.15) is 23.4 Å². The average Bonchev–Trinajstić information content (AvgIpc) is 3.12. The minimum atomic E-state index is -4.56. The van der Waals surface area contributed by atoms with Crippen molar-refractivity contribution in [3.05, 3.63) is 47.5 Å². The highest BCUT2D eigenvalue weighted by atomic mass is 35.5. The number of hydrogen-bond donors (Lipinski definition) is 2. The Morgan fingerprint density at radius 1 is 1.31 bits per heavy atom. The SMILES string of the molecule is Cl.N#Cc1cnc(CNC(=O)[C@H]2C[C@@H](F)CN2)cc1-c1ccc(C(F)(F)F)nc1. The predicted octanol–water partition coefficient (Wildman–Crippen LogP) is 2.77. The Hall–Kier alpha value is -2.77. The first-order valence-electron chi connectivity index (χ1n) is 8.35. The van der Waals surface area contributed by atoms with Crippen LogP contribution in [0.15, 0.2) is 30.6 Å². The van der Waals surface area contributed by atoms with E-state index in [1.54, 1.807) is 0 Å². The molecule has 2 aromatic heterocycles. The van der Waals surface area contributed by atoms with Gasteiger partial charge in [-0.1, -0.05) is 6.07 Å². The van der Waals surface area contributed by atoms with Crippen molar-refractivity contribution in [3.63, 3.8) is 0 Å². The Morgan fingerprint density at radius 2 is 2.07 bits per heavy atom. The van der Waals surface area contributed by atoms with E-state index in [1.165, 1.54) is 18.3 Å². The van der Waals surface area contributed by atoms with Crippen LogP contribution in [-0.2, 0) is 17.5 Å². The van der Waals surface area contributed by atoms with Crippen LogP contribution in [0.2, 0.25) is 0 Å². The van der Waals surface area contributed by atoms with Crippen LogP contribution in [0.5, 0.6) is 0 Å². The molecule has 3 heterocycles. The number of nitrogens with one attached hydrogen (secondary N) is 2. The van der Waals surface area contributed by atoms with E-state index < -0.39 is 24.1 Å². The number of halogens is 5. The molecule has 154 valence electrons. The number of amides is 1. The molecular formula is C18H16ClF4N5O. The molecule has 3 rings (SSSR count). The number of rotatable bonds is 4. The number of pyridine rings is 2. The molecule has 2 atom stereocenters. The number of carbonyl (C=O) groups excluding carboxylic acids is 1. The number of nitriles is 1. The van der Waals surface area contributed by atoms with Crippen LogP contribution in [0.4, 0.5) is 17.6 Å². The molecule has 0 aliphatic carbocycles. The van der Waals surface area contributed by atoms with E-state index in [0.717, 1.165) is 12.3 Å². The molecule has 0 unspecified atom stereocenters. The maximum atomic E-state index is 13.2. The van der Waals surface area contributed by atoms with Gasteiger partial charge < -0.3 is 10.6 Å². The van der Waals surface area contributed by atoms with Crippen LogP contribution in [0.3, 0.4) is 0 Å². The molecule has 2 aromatic rings. The summed E-state index contributed by atoms with van der Waals surface area (Å²) in [4.78, 5) is 19.5. The highest BCUT2D eigenvalue weighted by Gasteiger charge is 2.32. The summed E-state index contributed by atoms with van der Waals surface area (Å²) in [6.07, 6.45) is -3.22. The first-order chi connectivity index (χ1) is 13.3. The third-order valence-electron chi connectivity index (χ3n) is 4.28. The molecule has 1 aliphatic heterocycles. The molecule has 0 saturated carbocycles. The quantitative estimate of drug-likeness (QED) is 0.729. The predicted molar refractivity (Wildman–Crippen MR) is 97.6 cm³/mol. The zero-order valence-electron chi connectivity index (χ0n) is 14.8. The van der Waals surface area contributed by atoms with Gasteiger partial charge in [-0.05, 0) is 12.1 Å². The second-order valence-corrected chi connectivity index (χ2v) is 6.27. The van der Waals surface area contributed by atoms with Crippen molar-refractivity contribution in [1.29, 1.82) is 5.26 Å². The molecule has 11 heteroatoms. The molecular weight excluding hydrogens is 414 g/mol. The lowest BCUT2D eigenvalue weighted by molar-refractivity contribution is -0.141. The van der Waals surface area contributed by atoms with Crippen molar-refractivity contribution >= 4 is 18.3 Å². The molecule has 0 aromatic carbocycles. The van der Waals surface area contributed by atoms with E-state index in [1.807, 2.05) is 6.07 Å². The number of hydrogen-bond acceptors (Lipinski definition) is 5. The van der Waals surface area contributed by atoms with Gasteiger partial charge in [-0.25, -0.2) is 4.39 Å². The lowest BCUT2D eigenvalue weighted by Crippen LogP contribution is -2.40. The van der Waals surface area contributed by atoms with E-state index in [0.29, 0.717) is 16.8 Å². The van der Waals surface area contributed by atoms with Gasteiger partial charge >= 0.3 is 6.18 Å². The molecule has 1 fully saturated rings. The molecule has 0 radical (unpaired) electrons. The van der Waals surface area contributed by atoms with Crippen LogP contribution in [0.25, 0.3) is 11.1 Å². The highest BCUT2D eigenvalue weighted by Crippen LogP contribution is 2.30. The Balaban J connectivity index is 0.00000300. The summed E-state index contributed by atoms with van der Waals surface area (Å²) in [6, 6.07) is 4.86. The van der Waals surface area contributed by atoms with Gasteiger partial charge in [0.05, 0.1) is 23.8 Å². The number of alkyl halides is 4. The van der Waals surface area contributed by atoms with Crippen molar-refractivity contribution < 1.29 is 22.4 Å². The topological polar surface area (TPSA) is 90.7 Å². The first kappa shape index (κ1) is 22.5. The van der Waals surface area contributed by atoms with E-state index in [2.05, 4.69) is 20.6 Å². The maximum absolute atomic E-state index is 13.2. The smallest absolute Gasteiger partial charge is 0.349 e. The van der Waals surface area contributed by atoms with Gasteiger partial charge in [0.2, 0.25) is 5.91 Å². The van der Waals surface area contributed by atoms with Crippen molar-refractivity contribution in [2.75, 3.05) is 6.54 Å². The maximum Gasteiger partial charge on any atom is 0.433 e. The third kappa shape index (κ3) is 5.40. The average molecular weight is 430 g/mol. The highest BCUT2D eigenvalue weighted by molar-refractivity contribution is 5.85. The fourth-order valence-electron chi connectivity index (χ4n) is 2.84. The Morgan fingerprint density at radius 3 is 2.62 bits per heavy atom. The summed E-state index contributed by atoms with van der Waals surface area (Å²) in [5.41, 5.74) is 0.195. The Bertz CT molecular complexity index is 914. The summed E-state index contributed by atoms with van der Waals surface area (Å²) in [5, 5.41) is 14.6. The van der Waals surface area contributed by atoms with Gasteiger partial charge in [0.1, 0.15) is 17.9 Å². The van der Waals surface area contributed by atoms with Crippen LogP contribution in [-0.4, -0.2) is 34.6 Å². The molecule has 2 N–H and O–H groups in total. The number of nitrogens with zero attached hydrogens (tertiary/aromatic N) is 3. The molecule has 0 spiro atoms. The molecule has 1 aliphatic rings. The summed E-state index contributed by atoms with van der Waals surface area (Å²) < 4.78 is 51.2. The van der Waals surface area contributed by atoms with E-state index >= 15 is 0 Å². The lowest BCUT2D eigenvalue weighted by atomic mass is 10.0. The summed E-state index contributed by atoms with van der Waals surface area (Å²) in [6.45, 7) is 0.152. The van der Waals surface area contributed by atoms with Gasteiger partial charge in [-0.15, -0.1) is 12.4 Å². The Labute approximate surface area is 169 Å². The first-order valence-corrected chi connectivity index (χ1v) is 8.35. The van der Waals surface area contributed by atoms with Crippen molar-refractivity contribution in [2.45, 2.75) is 31.4 Å². The van der Waals surface area contributed by atoms with Gasteiger partial charge in [-0.3, -0.25) is 14.8 Å². The second kappa shape index (κ2) is 9.15. The van der Waals surface area contributed by atoms with E-state index in [9.17, 15) is 27.6 Å². The van der Waals surface area contributed by atoms with Crippen LogP contribution < -0.4 is 10.6 Å². The van der Waals surface area contributed by atoms with Crippen LogP contribution in [0, 0.1) is 11.3 Å². The van der Waals surface area contributed by atoms with Crippen molar-refractivity contribution in [3.8, 4) is 17.2 Å². The molecule has 1 saturated heterocycles. The zero-order chi connectivity index (χ0) is 20.3. The molecule has 29 heavy (non-hydrogen) atoms. The number of carbonyl (C=O) groups is 1. The minimum Gasteiger partial charge on any atom is -0.349 e. The third-order valence-corrected chi connectivity index (χ3v) is 4.28. The second-order valence-electron chi connectivity index (χ2n) is 6.27. The largest absolute Gasteiger partial charge is 0.433 e. The fourth-order valence-corrected chi connectivity index (χ4v) is 2.84. The van der Waals surface area contributed by atoms with Gasteiger partial charge in [-0.2, -0.15) is 18.4 Å². The monoisotopic (exact) mass is 429 g/mol. The van der Waals surface area contributed by atoms with Gasteiger partial charge in [0, 0.05) is 36.5 Å². The van der Waals surface area contributed by atoms with Crippen LogP contribution >= 0.6 is 12.4 Å². The minimum absolute atomic E-state index is 0. The summed E-state index contributed by atoms with van der Waals surface area (Å²) in [7, 11) is 0. The van der Waals surface area contributed by atoms with Gasteiger partial charge in [0.15, 0.2) is 0 Å². The molecule has 1 amide bonds. The lowest BCUT2D eigenvalue weighted by Gasteiger charge is -2.12. The normalized spacial score (nSPS) is 18.6. The Kier molecular flexibility index (Phi) is 7.11. The molecule has 6 nitrogen and oxygen atoms in total. The zero-order valence-corrected chi connectivity index (χ0v) is 15.6. The van der Waals surface area contributed by atoms with E-state index in [-0.39, 0.29) is 43.4 Å². The molecule has 0 bridgehead atoms. The number of aromatic nitrogens is 2. The van der Waals surface area contributed by atoms with Crippen molar-refractivity contribution in [2.24, 2.45) is 0 Å². The van der Waals surface area contributed by atoms with Crippen molar-refractivity contribution in [1.82, 2.24) is 20.6 Å². The summed E-state index contributed by atoms with van der Waals surface area (Å²) >= 11 is 0. The fraction of sp³-hybridized carbons (Fsp3) is 0.333. The van der Waals surface area contributed by atoms with Gasteiger partial charge in [0.25, 0.3) is 0 Å². The standard InChI is InChI=1S/C18H15F4N5O.ClH/c19-12-3-15(25-8-12)17(28)27-9-13-4-14(11(5-23)7-24-13)10-1-2-16(26-6-10)18(20,21)22;/h1-2,4,6-7,12,15,25H,3,8-9H2,(H,27,28);1H/t12-,15-;/m1./s1. The summed E-state index contributed by atoms with van der Waals surface area (Å²) in [5.74, 6) is -0.371.